The second-order valence-corrected chi connectivity index (χ2v) is 20.3. The van der Waals surface area contributed by atoms with Gasteiger partial charge in [-0.05, 0) is 118 Å². The molecule has 1 heterocycles. The van der Waals surface area contributed by atoms with Crippen LogP contribution in [0.5, 0.6) is 5.75 Å². The summed E-state index contributed by atoms with van der Waals surface area (Å²) in [5, 5.41) is 24.3. The van der Waals surface area contributed by atoms with Gasteiger partial charge in [0, 0.05) is 39.3 Å². The van der Waals surface area contributed by atoms with E-state index in [2.05, 4.69) is 23.8 Å². The van der Waals surface area contributed by atoms with Gasteiger partial charge in [0.15, 0.2) is 23.0 Å². The summed E-state index contributed by atoms with van der Waals surface area (Å²) in [4.78, 5) is 45.0. The van der Waals surface area contributed by atoms with Crippen LogP contribution in [0.25, 0.3) is 0 Å². The first-order chi connectivity index (χ1) is 27.9. The Morgan fingerprint density at radius 2 is 1.53 bits per heavy atom. The maximum absolute atomic E-state index is 15.2. The molecule has 2 aromatic carbocycles. The van der Waals surface area contributed by atoms with Gasteiger partial charge in [-0.25, -0.2) is 8.78 Å². The van der Waals surface area contributed by atoms with Gasteiger partial charge in [-0.1, -0.05) is 58.1 Å². The molecule has 0 radical (unpaired) electrons. The normalized spacial score (nSPS) is 40.6. The number of aliphatic hydroxyl groups is 2. The molecular weight excluding hydrogens is 786 g/mol. The molecule has 0 aromatic heterocycles. The van der Waals surface area contributed by atoms with Gasteiger partial charge in [0.05, 0.1) is 23.7 Å². The molecule has 8 nitrogen and oxygen atoms in total. The maximum Gasteiger partial charge on any atom is 0.573 e. The standard InChI is InChI=1S/C47H52F5NO7/c1-39(2)42(5)18-21-46(39,60-38(42)57)37(56)53(25-27-6-9-30(10-7-27)59-47(50,51)52)26-44(58)17-14-35-41(44,4)16-13-34-40(3)15-12-29(54)23-43(40)19-20-45(34,35)31(24-43)36(55)28-8-11-32(48)33(49)22-28/h6-11,19-20,22,24,29,34-35,54,58H,12-18,21,23,25-26H2,1-5H3/t29?,34-,35-,40-,41+,42+,43+,44-,45-,46-/m1/s1. The number of halogens is 5. The smallest absolute Gasteiger partial charge is 0.448 e. The van der Waals surface area contributed by atoms with Crippen LogP contribution in [0, 0.1) is 56.0 Å². The van der Waals surface area contributed by atoms with E-state index >= 15 is 4.79 Å². The topological polar surface area (TPSA) is 113 Å². The van der Waals surface area contributed by atoms with E-state index in [-0.39, 0.29) is 48.7 Å². The highest BCUT2D eigenvalue weighted by atomic mass is 19.4. The van der Waals surface area contributed by atoms with E-state index in [1.807, 2.05) is 26.8 Å². The van der Waals surface area contributed by atoms with Crippen LogP contribution in [0.4, 0.5) is 22.0 Å². The van der Waals surface area contributed by atoms with Crippen molar-refractivity contribution in [2.45, 2.75) is 123 Å². The number of nitrogens with zero attached hydrogens (tertiary/aromatic N) is 1. The van der Waals surface area contributed by atoms with Gasteiger partial charge < -0.3 is 24.6 Å². The third-order valence-corrected chi connectivity index (χ3v) is 17.8. The molecule has 8 aliphatic rings. The third-order valence-electron chi connectivity index (χ3n) is 17.8. The Morgan fingerprint density at radius 3 is 2.17 bits per heavy atom. The van der Waals surface area contributed by atoms with Crippen LogP contribution in [0.3, 0.4) is 0 Å². The first kappa shape index (κ1) is 41.3. The van der Waals surface area contributed by atoms with Crippen molar-refractivity contribution in [3.05, 3.63) is 89.0 Å². The number of allylic oxidation sites excluding steroid dienone is 4. The van der Waals surface area contributed by atoms with Crippen LogP contribution in [-0.2, 0) is 20.9 Å². The summed E-state index contributed by atoms with van der Waals surface area (Å²) < 4.78 is 78.2. The zero-order valence-electron chi connectivity index (χ0n) is 34.6. The summed E-state index contributed by atoms with van der Waals surface area (Å²) in [6.07, 6.45) is 4.93. The number of fused-ring (bicyclic) bond motifs is 3. The van der Waals surface area contributed by atoms with Crippen molar-refractivity contribution in [1.29, 1.82) is 0 Å². The fourth-order valence-electron chi connectivity index (χ4n) is 13.9. The summed E-state index contributed by atoms with van der Waals surface area (Å²) in [6, 6.07) is 8.35. The van der Waals surface area contributed by atoms with Gasteiger partial charge in [-0.3, -0.25) is 14.4 Å². The first-order valence-corrected chi connectivity index (χ1v) is 21.1. The molecule has 322 valence electrons. The molecule has 4 saturated carbocycles. The largest absolute Gasteiger partial charge is 0.573 e. The van der Waals surface area contributed by atoms with Gasteiger partial charge in [-0.2, -0.15) is 0 Å². The van der Waals surface area contributed by atoms with E-state index in [1.54, 1.807) is 6.92 Å². The molecule has 13 heteroatoms. The van der Waals surface area contributed by atoms with E-state index in [1.165, 1.54) is 35.2 Å². The number of aliphatic hydroxyl groups excluding tert-OH is 1. The summed E-state index contributed by atoms with van der Waals surface area (Å²) in [5.74, 6) is -4.50. The number of rotatable bonds is 8. The minimum Gasteiger partial charge on any atom is -0.448 e. The third kappa shape index (κ3) is 5.23. The molecule has 4 bridgehead atoms. The van der Waals surface area contributed by atoms with Gasteiger partial charge in [0.2, 0.25) is 0 Å². The average Bonchev–Trinajstić information content (AvgIpc) is 3.63. The highest BCUT2D eigenvalue weighted by Gasteiger charge is 2.78. The zero-order valence-corrected chi connectivity index (χ0v) is 34.6. The maximum atomic E-state index is 15.2. The predicted molar refractivity (Wildman–Crippen MR) is 208 cm³/mol. The zero-order chi connectivity index (χ0) is 43.3. The van der Waals surface area contributed by atoms with Crippen LogP contribution >= 0.6 is 0 Å². The van der Waals surface area contributed by atoms with Gasteiger partial charge in [0.25, 0.3) is 5.91 Å². The van der Waals surface area contributed by atoms with Crippen molar-refractivity contribution in [3.63, 3.8) is 0 Å². The molecule has 60 heavy (non-hydrogen) atoms. The molecule has 2 N–H and O–H groups in total. The lowest BCUT2D eigenvalue weighted by Gasteiger charge is -2.71. The Hall–Kier alpha value is -4.10. The lowest BCUT2D eigenvalue weighted by Crippen LogP contribution is -2.67. The van der Waals surface area contributed by atoms with Crippen molar-refractivity contribution < 1.29 is 56.0 Å². The highest BCUT2D eigenvalue weighted by molar-refractivity contribution is 6.10. The van der Waals surface area contributed by atoms with Crippen molar-refractivity contribution in [2.75, 3.05) is 6.54 Å². The number of amides is 1. The van der Waals surface area contributed by atoms with E-state index < -0.39 is 85.8 Å². The number of carbonyl (C=O) groups excluding carboxylic acids is 3. The Labute approximate surface area is 346 Å². The Bertz CT molecular complexity index is 2260. The molecule has 2 spiro atoms. The number of esters is 1. The van der Waals surface area contributed by atoms with E-state index in [9.17, 15) is 41.8 Å². The van der Waals surface area contributed by atoms with E-state index in [0.717, 1.165) is 12.1 Å². The number of hydrogen-bond acceptors (Lipinski definition) is 7. The molecule has 2 aromatic rings. The van der Waals surface area contributed by atoms with Crippen molar-refractivity contribution in [1.82, 2.24) is 4.90 Å². The summed E-state index contributed by atoms with van der Waals surface area (Å²) >= 11 is 0. The Balaban J connectivity index is 1.12. The fraction of sp³-hybridized carbons (Fsp3) is 0.596. The van der Waals surface area contributed by atoms with Crippen LogP contribution in [0.15, 0.2) is 66.3 Å². The molecule has 1 saturated heterocycles. The minimum atomic E-state index is -4.90. The van der Waals surface area contributed by atoms with Crippen LogP contribution in [0.2, 0.25) is 0 Å². The lowest BCUT2D eigenvalue weighted by atomic mass is 9.32. The quantitative estimate of drug-likeness (QED) is 0.118. The van der Waals surface area contributed by atoms with Crippen LogP contribution in [0.1, 0.15) is 108 Å². The number of hydrogen-bond donors (Lipinski definition) is 2. The number of benzene rings is 2. The van der Waals surface area contributed by atoms with Crippen molar-refractivity contribution >= 4 is 17.7 Å². The molecule has 10 rings (SSSR count). The van der Waals surface area contributed by atoms with E-state index in [4.69, 9.17) is 4.74 Å². The fourth-order valence-corrected chi connectivity index (χ4v) is 13.9. The molecule has 1 aliphatic heterocycles. The van der Waals surface area contributed by atoms with Crippen LogP contribution < -0.4 is 4.74 Å². The predicted octanol–water partition coefficient (Wildman–Crippen LogP) is 8.79. The summed E-state index contributed by atoms with van der Waals surface area (Å²) in [7, 11) is 0. The van der Waals surface area contributed by atoms with Crippen molar-refractivity contribution in [2.24, 2.45) is 44.3 Å². The Kier molecular flexibility index (Phi) is 8.76. The molecule has 7 aliphatic carbocycles. The summed E-state index contributed by atoms with van der Waals surface area (Å²) in [6.45, 7) is 9.40. The van der Waals surface area contributed by atoms with Crippen LogP contribution in [-0.4, -0.2) is 63.0 Å². The monoisotopic (exact) mass is 837 g/mol. The van der Waals surface area contributed by atoms with Gasteiger partial charge >= 0.3 is 12.3 Å². The van der Waals surface area contributed by atoms with E-state index in [0.29, 0.717) is 56.1 Å². The molecule has 1 amide bonds. The van der Waals surface area contributed by atoms with Crippen molar-refractivity contribution in [3.8, 4) is 5.75 Å². The number of ketones is 1. The first-order valence-electron chi connectivity index (χ1n) is 21.1. The Morgan fingerprint density at radius 1 is 0.867 bits per heavy atom. The van der Waals surface area contributed by atoms with Gasteiger partial charge in [-0.15, -0.1) is 13.2 Å². The molecule has 1 unspecified atom stereocenters. The number of carbonyl (C=O) groups is 3. The SMILES string of the molecule is CC1(C)[C@@]2(C)CC[C@]1(C(=O)N(Cc1ccc(OC(F)(F)F)cc1)C[C@]1(O)CC[C@H]3[C@]45C=C[C@@]6(C=C4C(=O)c4ccc(F)c(F)c4)CC(O)CC[C@]6(C)[C@H]5CC[C@@]31C)OC2=O. The average molecular weight is 838 g/mol. The van der Waals surface area contributed by atoms with Gasteiger partial charge in [0.1, 0.15) is 5.75 Å². The minimum absolute atomic E-state index is 0.00388. The highest BCUT2D eigenvalue weighted by Crippen LogP contribution is 2.78. The number of alkyl halides is 3. The summed E-state index contributed by atoms with van der Waals surface area (Å²) in [5.41, 5.74) is -6.92. The molecular formula is C47H52F5NO7. The second kappa shape index (κ2) is 12.7. The second-order valence-electron chi connectivity index (χ2n) is 20.3. The number of ether oxygens (including phenoxy) is 2. The molecule has 10 atom stereocenters. The number of Topliss-reactive ketones (excluding diaryl/α,β-unsaturated/α-hetero) is 1. The lowest BCUT2D eigenvalue weighted by molar-refractivity contribution is -0.274. The molecule has 5 fully saturated rings.